The van der Waals surface area contributed by atoms with Crippen molar-refractivity contribution in [2.75, 3.05) is 38.0 Å². The van der Waals surface area contributed by atoms with E-state index in [2.05, 4.69) is 27.2 Å². The first-order valence-corrected chi connectivity index (χ1v) is 11.6. The van der Waals surface area contributed by atoms with E-state index in [9.17, 15) is 13.2 Å². The first-order chi connectivity index (χ1) is 16.6. The second-order valence-electron chi connectivity index (χ2n) is 9.38. The van der Waals surface area contributed by atoms with Crippen molar-refractivity contribution >= 4 is 22.4 Å². The van der Waals surface area contributed by atoms with Gasteiger partial charge in [0, 0.05) is 16.6 Å². The molecule has 1 atom stereocenters. The molecule has 0 saturated carbocycles. The fourth-order valence-corrected chi connectivity index (χ4v) is 4.89. The molecule has 3 heterocycles. The Hall–Kier alpha value is -3.27. The van der Waals surface area contributed by atoms with Crippen molar-refractivity contribution in [1.29, 1.82) is 0 Å². The van der Waals surface area contributed by atoms with Crippen LogP contribution in [0.15, 0.2) is 24.3 Å². The van der Waals surface area contributed by atoms with Gasteiger partial charge in [0.2, 0.25) is 6.79 Å². The quantitative estimate of drug-likeness (QED) is 0.486. The van der Waals surface area contributed by atoms with Crippen LogP contribution in [-0.4, -0.2) is 41.8 Å². The molecule has 7 nitrogen and oxygen atoms in total. The van der Waals surface area contributed by atoms with Crippen molar-refractivity contribution in [2.45, 2.75) is 44.8 Å². The van der Waals surface area contributed by atoms with Gasteiger partial charge in [-0.15, -0.1) is 0 Å². The van der Waals surface area contributed by atoms with Crippen molar-refractivity contribution < 1.29 is 22.6 Å². The van der Waals surface area contributed by atoms with Gasteiger partial charge in [-0.25, -0.2) is 9.97 Å². The topological polar surface area (TPSA) is 85.5 Å². The van der Waals surface area contributed by atoms with Crippen LogP contribution in [0, 0.1) is 6.92 Å². The van der Waals surface area contributed by atoms with Crippen molar-refractivity contribution in [2.24, 2.45) is 0 Å². The number of likely N-dealkylation sites (tertiary alicyclic amines) is 1. The Morgan fingerprint density at radius 3 is 2.51 bits per heavy atom. The minimum absolute atomic E-state index is 0.0557. The predicted octanol–water partition coefficient (Wildman–Crippen LogP) is 5.25. The zero-order valence-electron chi connectivity index (χ0n) is 19.9. The van der Waals surface area contributed by atoms with Gasteiger partial charge in [-0.3, -0.25) is 0 Å². The maximum atomic E-state index is 13.3. The molecule has 3 aromatic rings. The molecule has 0 aliphatic carbocycles. The van der Waals surface area contributed by atoms with Crippen molar-refractivity contribution in [3.63, 3.8) is 0 Å². The number of alkyl halides is 3. The molecule has 2 aromatic carbocycles. The van der Waals surface area contributed by atoms with E-state index in [-0.39, 0.29) is 12.5 Å². The number of hydrogen-bond acceptors (Lipinski definition) is 7. The summed E-state index contributed by atoms with van der Waals surface area (Å²) in [6, 6.07) is 5.15. The first-order valence-electron chi connectivity index (χ1n) is 11.6. The Bertz CT molecular complexity index is 1270. The number of hydrogen-bond donors (Lipinski definition) is 2. The number of nitrogens with one attached hydrogen (secondary N) is 1. The molecule has 5 rings (SSSR count). The number of nitrogen functional groups attached to an aromatic ring is 1. The van der Waals surface area contributed by atoms with Crippen LogP contribution in [0.2, 0.25) is 0 Å². The van der Waals surface area contributed by atoms with Crippen molar-refractivity contribution in [3.05, 3.63) is 46.8 Å². The number of aryl methyl sites for hydroxylation is 1. The van der Waals surface area contributed by atoms with Crippen molar-refractivity contribution in [3.8, 4) is 11.5 Å². The summed E-state index contributed by atoms with van der Waals surface area (Å²) in [4.78, 5) is 11.5. The lowest BCUT2D eigenvalue weighted by Gasteiger charge is -2.30. The van der Waals surface area contributed by atoms with Crippen LogP contribution >= 0.6 is 0 Å². The van der Waals surface area contributed by atoms with Gasteiger partial charge in [-0.05, 0) is 82.6 Å². The third-order valence-electron chi connectivity index (χ3n) is 6.76. The van der Waals surface area contributed by atoms with Crippen LogP contribution < -0.4 is 20.5 Å². The molecule has 0 radical (unpaired) electrons. The van der Waals surface area contributed by atoms with Crippen LogP contribution in [0.4, 0.5) is 24.7 Å². The fraction of sp³-hybridized carbons (Fsp3) is 0.440. The molecule has 2 aliphatic heterocycles. The van der Waals surface area contributed by atoms with E-state index in [0.717, 1.165) is 54.8 Å². The number of nitrogens with two attached hydrogens (primary N) is 1. The Morgan fingerprint density at radius 1 is 1.09 bits per heavy atom. The van der Waals surface area contributed by atoms with Crippen molar-refractivity contribution in [1.82, 2.24) is 14.9 Å². The fourth-order valence-electron chi connectivity index (χ4n) is 4.89. The second kappa shape index (κ2) is 8.75. The van der Waals surface area contributed by atoms with Gasteiger partial charge in [0.25, 0.3) is 0 Å². The number of ether oxygens (including phenoxy) is 2. The van der Waals surface area contributed by atoms with Gasteiger partial charge in [-0.2, -0.15) is 13.2 Å². The van der Waals surface area contributed by atoms with E-state index < -0.39 is 17.8 Å². The van der Waals surface area contributed by atoms with E-state index in [1.165, 1.54) is 0 Å². The summed E-state index contributed by atoms with van der Waals surface area (Å²) in [6.45, 7) is 5.65. The number of nitrogens with zero attached hydrogens (tertiary/aromatic N) is 3. The summed E-state index contributed by atoms with van der Waals surface area (Å²) in [5, 5.41) is 4.05. The van der Waals surface area contributed by atoms with Crippen LogP contribution in [0.5, 0.6) is 11.5 Å². The number of piperidine rings is 1. The van der Waals surface area contributed by atoms with E-state index in [1.807, 2.05) is 6.07 Å². The average molecular weight is 488 g/mol. The van der Waals surface area contributed by atoms with E-state index in [4.69, 9.17) is 15.2 Å². The van der Waals surface area contributed by atoms with Gasteiger partial charge in [0.15, 0.2) is 11.5 Å². The van der Waals surface area contributed by atoms with Crippen LogP contribution in [0.3, 0.4) is 0 Å². The molecule has 0 spiro atoms. The lowest BCUT2D eigenvalue weighted by molar-refractivity contribution is -0.137. The normalized spacial score (nSPS) is 17.7. The highest BCUT2D eigenvalue weighted by molar-refractivity contribution is 5.96. The minimum Gasteiger partial charge on any atom is -0.453 e. The zero-order valence-corrected chi connectivity index (χ0v) is 19.9. The summed E-state index contributed by atoms with van der Waals surface area (Å²) < 4.78 is 51.7. The Balaban J connectivity index is 1.57. The molecule has 0 unspecified atom stereocenters. The number of anilines is 2. The third-order valence-corrected chi connectivity index (χ3v) is 6.76. The third kappa shape index (κ3) is 4.54. The van der Waals surface area contributed by atoms with Gasteiger partial charge in [-0.1, -0.05) is 0 Å². The second-order valence-corrected chi connectivity index (χ2v) is 9.38. The molecule has 2 aliphatic rings. The predicted molar refractivity (Wildman–Crippen MR) is 128 cm³/mol. The lowest BCUT2D eigenvalue weighted by atomic mass is 9.88. The van der Waals surface area contributed by atoms with E-state index in [1.54, 1.807) is 19.9 Å². The first kappa shape index (κ1) is 23.5. The number of benzene rings is 2. The monoisotopic (exact) mass is 487 g/mol. The van der Waals surface area contributed by atoms with E-state index in [0.29, 0.717) is 34.4 Å². The largest absolute Gasteiger partial charge is 0.453 e. The van der Waals surface area contributed by atoms with Gasteiger partial charge in [0.05, 0.1) is 11.6 Å². The van der Waals surface area contributed by atoms with Crippen LogP contribution in [0.1, 0.15) is 54.2 Å². The number of halogens is 3. The number of rotatable bonds is 4. The Morgan fingerprint density at radius 2 is 1.80 bits per heavy atom. The maximum absolute atomic E-state index is 13.3. The number of fused-ring (bicyclic) bond motifs is 3. The highest BCUT2D eigenvalue weighted by atomic mass is 19.4. The molecule has 186 valence electrons. The highest BCUT2D eigenvalue weighted by Crippen LogP contribution is 2.48. The standard InChI is InChI=1S/C25H28F3N5O2/c1-13(16-8-17(25(26,27)28)10-18(29)9-16)30-24-20-11-19(15-4-6-33(3)7-5-15)22-23(35-12-34-22)21(20)31-14(2)32-24/h8-11,13,15H,4-7,12,29H2,1-3H3,(H,30,31,32)/t13-/m1/s1. The maximum Gasteiger partial charge on any atom is 0.416 e. The molecule has 35 heavy (non-hydrogen) atoms. The molecule has 0 bridgehead atoms. The molecule has 1 saturated heterocycles. The lowest BCUT2D eigenvalue weighted by Crippen LogP contribution is -2.29. The van der Waals surface area contributed by atoms with Crippen LogP contribution in [0.25, 0.3) is 10.9 Å². The number of aromatic nitrogens is 2. The zero-order chi connectivity index (χ0) is 24.9. The summed E-state index contributed by atoms with van der Waals surface area (Å²) in [5.41, 5.74) is 7.16. The molecular weight excluding hydrogens is 459 g/mol. The Kier molecular flexibility index (Phi) is 5.86. The molecule has 1 aromatic heterocycles. The van der Waals surface area contributed by atoms with Gasteiger partial charge in [0.1, 0.15) is 17.2 Å². The summed E-state index contributed by atoms with van der Waals surface area (Å²) in [6.07, 6.45) is -2.50. The Labute approximate surface area is 201 Å². The minimum atomic E-state index is -4.48. The summed E-state index contributed by atoms with van der Waals surface area (Å²) in [5.74, 6) is 2.68. The smallest absolute Gasteiger partial charge is 0.416 e. The van der Waals surface area contributed by atoms with Gasteiger partial charge >= 0.3 is 6.18 Å². The molecular formula is C25H28F3N5O2. The summed E-state index contributed by atoms with van der Waals surface area (Å²) in [7, 11) is 2.11. The van der Waals surface area contributed by atoms with E-state index >= 15 is 0 Å². The molecule has 1 fully saturated rings. The SMILES string of the molecule is Cc1nc(N[C@H](C)c2cc(N)cc(C(F)(F)F)c2)c2cc(C3CCN(C)CC3)c3c(c2n1)OCO3. The van der Waals surface area contributed by atoms with Crippen LogP contribution in [-0.2, 0) is 6.18 Å². The molecule has 0 amide bonds. The molecule has 10 heteroatoms. The average Bonchev–Trinajstić information content (AvgIpc) is 3.29. The van der Waals surface area contributed by atoms with Gasteiger partial charge < -0.3 is 25.4 Å². The summed E-state index contributed by atoms with van der Waals surface area (Å²) >= 11 is 0. The molecule has 3 N–H and O–H groups in total. The highest BCUT2D eigenvalue weighted by Gasteiger charge is 2.32.